The number of hydrogen-bond acceptors (Lipinski definition) is 6. The number of aromatic nitrogens is 6. The molecule has 2 amide bonds. The molecule has 3 aliphatic carbocycles. The number of hydrogen-bond donors (Lipinski definition) is 2. The summed E-state index contributed by atoms with van der Waals surface area (Å²) in [6.45, 7) is 2.54. The first-order valence-electron chi connectivity index (χ1n) is 15.1. The van der Waals surface area contributed by atoms with Crippen LogP contribution in [0.1, 0.15) is 105 Å². The van der Waals surface area contributed by atoms with Crippen molar-refractivity contribution in [1.82, 2.24) is 40.2 Å². The summed E-state index contributed by atoms with van der Waals surface area (Å²) in [5.74, 6) is -6.47. The van der Waals surface area contributed by atoms with Crippen molar-refractivity contribution in [3.63, 3.8) is 0 Å². The van der Waals surface area contributed by atoms with Gasteiger partial charge in [-0.1, -0.05) is 6.92 Å². The lowest BCUT2D eigenvalue weighted by Crippen LogP contribution is -2.39. The number of imidazole rings is 1. The molecule has 2 N–H and O–H groups in total. The summed E-state index contributed by atoms with van der Waals surface area (Å²) < 4.78 is 56.1. The molecule has 3 aromatic rings. The molecule has 3 aromatic heterocycles. The number of amides is 2. The van der Waals surface area contributed by atoms with Crippen molar-refractivity contribution in [3.8, 4) is 0 Å². The number of nitrogens with one attached hydrogen (secondary N) is 2. The van der Waals surface area contributed by atoms with Crippen LogP contribution >= 0.6 is 0 Å². The first-order valence-corrected chi connectivity index (χ1v) is 15.1. The Morgan fingerprint density at radius 2 is 1.70 bits per heavy atom. The van der Waals surface area contributed by atoms with E-state index >= 15 is 0 Å². The van der Waals surface area contributed by atoms with Gasteiger partial charge in [0.1, 0.15) is 0 Å². The molecule has 6 rings (SSSR count). The number of halogens is 4. The van der Waals surface area contributed by atoms with Crippen LogP contribution in [-0.2, 0) is 11.3 Å². The quantitative estimate of drug-likeness (QED) is 0.297. The van der Waals surface area contributed by atoms with Crippen LogP contribution in [0.2, 0.25) is 0 Å². The van der Waals surface area contributed by atoms with E-state index in [9.17, 15) is 27.2 Å². The van der Waals surface area contributed by atoms with Crippen LogP contribution < -0.4 is 10.6 Å². The molecule has 14 heteroatoms. The molecule has 3 aliphatic rings. The average molecular weight is 605 g/mol. The standard InChI is InChI=1S/C29H36F4N8O2/c1-2-9-41-35-15-21(39-41)27(43)38-26(19-5-7-28(30,31)8-6-19)22-16-40-23(36-22)11-20(14-34-40)25(18-3-4-18)37-24(42)10-17-12-29(32,33)13-17/h11,14-19,25-26H,2-10,12-13H2,1H3,(H,37,42)(H,38,43)/t25-,26+/m1/s1. The molecule has 0 bridgehead atoms. The van der Waals surface area contributed by atoms with E-state index in [2.05, 4.69) is 25.9 Å². The lowest BCUT2D eigenvalue weighted by Gasteiger charge is -2.34. The van der Waals surface area contributed by atoms with E-state index in [0.29, 0.717) is 17.9 Å². The molecule has 3 saturated carbocycles. The third-order valence-corrected chi connectivity index (χ3v) is 8.81. The van der Waals surface area contributed by atoms with Gasteiger partial charge in [-0.3, -0.25) is 9.59 Å². The van der Waals surface area contributed by atoms with E-state index in [1.165, 1.54) is 11.0 Å². The highest BCUT2D eigenvalue weighted by atomic mass is 19.3. The van der Waals surface area contributed by atoms with E-state index in [0.717, 1.165) is 24.8 Å². The lowest BCUT2D eigenvalue weighted by molar-refractivity contribution is -0.134. The van der Waals surface area contributed by atoms with Crippen LogP contribution in [0.15, 0.2) is 24.7 Å². The highest BCUT2D eigenvalue weighted by Gasteiger charge is 2.46. The zero-order valence-electron chi connectivity index (χ0n) is 24.0. The Kier molecular flexibility index (Phi) is 7.88. The number of nitrogens with zero attached hydrogens (tertiary/aromatic N) is 6. The first-order chi connectivity index (χ1) is 20.5. The van der Waals surface area contributed by atoms with Crippen LogP contribution in [0, 0.1) is 17.8 Å². The number of carbonyl (C=O) groups is 2. The predicted molar refractivity (Wildman–Crippen MR) is 146 cm³/mol. The van der Waals surface area contributed by atoms with Gasteiger partial charge in [-0.25, -0.2) is 27.1 Å². The molecule has 0 unspecified atom stereocenters. The Bertz CT molecular complexity index is 1470. The minimum Gasteiger partial charge on any atom is -0.349 e. The number of fused-ring (bicyclic) bond motifs is 1. The molecule has 0 radical (unpaired) electrons. The molecule has 0 aromatic carbocycles. The minimum absolute atomic E-state index is 0.0655. The SMILES string of the molecule is CCCn1ncc(C(=O)N[C@H](c2cn3ncc([C@H](NC(=O)CC4CC(F)(F)C4)C4CC4)cc3n2)C2CCC(F)(F)CC2)n1. The molecule has 0 aliphatic heterocycles. The highest BCUT2D eigenvalue weighted by Crippen LogP contribution is 2.45. The van der Waals surface area contributed by atoms with E-state index in [4.69, 9.17) is 4.98 Å². The fourth-order valence-corrected chi connectivity index (χ4v) is 6.31. The van der Waals surface area contributed by atoms with Crippen LogP contribution in [0.4, 0.5) is 17.6 Å². The maximum atomic E-state index is 14.0. The summed E-state index contributed by atoms with van der Waals surface area (Å²) in [4.78, 5) is 32.1. The molecule has 0 saturated heterocycles. The van der Waals surface area contributed by atoms with Gasteiger partial charge in [-0.15, -0.1) is 5.10 Å². The van der Waals surface area contributed by atoms with E-state index in [1.54, 1.807) is 16.9 Å². The van der Waals surface area contributed by atoms with Crippen LogP contribution in [0.25, 0.3) is 5.65 Å². The third-order valence-electron chi connectivity index (χ3n) is 8.81. The van der Waals surface area contributed by atoms with Gasteiger partial charge in [0.15, 0.2) is 11.3 Å². The van der Waals surface area contributed by atoms with Crippen molar-refractivity contribution in [2.75, 3.05) is 0 Å². The maximum Gasteiger partial charge on any atom is 0.274 e. The third kappa shape index (κ3) is 6.82. The van der Waals surface area contributed by atoms with Gasteiger partial charge in [0.2, 0.25) is 17.8 Å². The monoisotopic (exact) mass is 604 g/mol. The molecular weight excluding hydrogens is 568 g/mol. The fourth-order valence-electron chi connectivity index (χ4n) is 6.31. The van der Waals surface area contributed by atoms with E-state index in [-0.39, 0.29) is 80.3 Å². The number of alkyl halides is 4. The zero-order valence-corrected chi connectivity index (χ0v) is 24.0. The predicted octanol–water partition coefficient (Wildman–Crippen LogP) is 5.03. The van der Waals surface area contributed by atoms with Crippen molar-refractivity contribution >= 4 is 17.5 Å². The second-order valence-electron chi connectivity index (χ2n) is 12.4. The highest BCUT2D eigenvalue weighted by molar-refractivity contribution is 5.92. The number of carbonyl (C=O) groups excluding carboxylic acids is 2. The summed E-state index contributed by atoms with van der Waals surface area (Å²) in [6.07, 6.45) is 6.84. The summed E-state index contributed by atoms with van der Waals surface area (Å²) in [7, 11) is 0. The Balaban J connectivity index is 1.22. The van der Waals surface area contributed by atoms with Crippen LogP contribution in [0.3, 0.4) is 0 Å². The van der Waals surface area contributed by atoms with Crippen LogP contribution in [0.5, 0.6) is 0 Å². The van der Waals surface area contributed by atoms with Crippen molar-refractivity contribution in [2.24, 2.45) is 17.8 Å². The van der Waals surface area contributed by atoms with Gasteiger partial charge in [0.25, 0.3) is 5.91 Å². The Hall–Kier alpha value is -3.58. The average Bonchev–Trinajstić information content (AvgIpc) is 3.51. The molecule has 3 heterocycles. The first kappa shape index (κ1) is 29.5. The van der Waals surface area contributed by atoms with E-state index < -0.39 is 23.8 Å². The summed E-state index contributed by atoms with van der Waals surface area (Å²) in [5.41, 5.74) is 1.87. The molecule has 232 valence electrons. The van der Waals surface area contributed by atoms with Gasteiger partial charge >= 0.3 is 0 Å². The lowest BCUT2D eigenvalue weighted by atomic mass is 9.79. The van der Waals surface area contributed by atoms with Crippen molar-refractivity contribution in [2.45, 2.75) is 102 Å². The Morgan fingerprint density at radius 1 is 0.977 bits per heavy atom. The summed E-state index contributed by atoms with van der Waals surface area (Å²) in [6, 6.07) is 0.860. The maximum absolute atomic E-state index is 14.0. The second-order valence-corrected chi connectivity index (χ2v) is 12.4. The van der Waals surface area contributed by atoms with E-state index in [1.807, 2.05) is 13.0 Å². The molecule has 10 nitrogen and oxygen atoms in total. The molecule has 2 atom stereocenters. The van der Waals surface area contributed by atoms with Crippen molar-refractivity contribution in [1.29, 1.82) is 0 Å². The number of rotatable bonds is 11. The molecule has 43 heavy (non-hydrogen) atoms. The zero-order chi connectivity index (χ0) is 30.4. The van der Waals surface area contributed by atoms with Gasteiger partial charge in [0, 0.05) is 32.1 Å². The van der Waals surface area contributed by atoms with Gasteiger partial charge in [-0.05, 0) is 61.5 Å². The molecule has 3 fully saturated rings. The molecule has 0 spiro atoms. The van der Waals surface area contributed by atoms with Gasteiger partial charge < -0.3 is 10.6 Å². The van der Waals surface area contributed by atoms with Crippen molar-refractivity contribution < 1.29 is 27.2 Å². The summed E-state index contributed by atoms with van der Waals surface area (Å²) >= 11 is 0. The second kappa shape index (κ2) is 11.5. The summed E-state index contributed by atoms with van der Waals surface area (Å²) in [5, 5.41) is 18.9. The largest absolute Gasteiger partial charge is 0.349 e. The van der Waals surface area contributed by atoms with Crippen LogP contribution in [-0.4, -0.2) is 53.3 Å². The Morgan fingerprint density at radius 3 is 2.37 bits per heavy atom. The Labute approximate surface area is 246 Å². The van der Waals surface area contributed by atoms with Gasteiger partial charge in [-0.2, -0.15) is 15.0 Å². The minimum atomic E-state index is -2.73. The number of aryl methyl sites for hydroxylation is 1. The van der Waals surface area contributed by atoms with Crippen molar-refractivity contribution in [3.05, 3.63) is 41.6 Å². The molecular formula is C29H36F4N8O2. The van der Waals surface area contributed by atoms with Gasteiger partial charge in [0.05, 0.1) is 42.9 Å². The smallest absolute Gasteiger partial charge is 0.274 e. The topological polar surface area (TPSA) is 119 Å². The fraction of sp³-hybridized carbons (Fsp3) is 0.655. The normalized spacial score (nSPS) is 21.7.